The van der Waals surface area contributed by atoms with Crippen molar-refractivity contribution in [3.63, 3.8) is 0 Å². The number of rotatable bonds is 2. The van der Waals surface area contributed by atoms with E-state index in [1.54, 1.807) is 0 Å². The molecule has 0 amide bonds. The third-order valence-corrected chi connectivity index (χ3v) is 3.84. The minimum atomic E-state index is -6.54. The van der Waals surface area contributed by atoms with Crippen molar-refractivity contribution in [2.75, 3.05) is 0 Å². The molecule has 19 heavy (non-hydrogen) atoms. The average molecular weight is 308 g/mol. The summed E-state index contributed by atoms with van der Waals surface area (Å²) in [6.07, 6.45) is -12.6. The van der Waals surface area contributed by atoms with Crippen molar-refractivity contribution in [3.05, 3.63) is 35.9 Å². The molecular formula is C9H6F6O3S. The van der Waals surface area contributed by atoms with Gasteiger partial charge in [0.2, 0.25) is 0 Å². The first-order valence-corrected chi connectivity index (χ1v) is 5.95. The molecule has 0 radical (unpaired) electrons. The summed E-state index contributed by atoms with van der Waals surface area (Å²) >= 11 is 0. The zero-order chi connectivity index (χ0) is 15.1. The van der Waals surface area contributed by atoms with E-state index in [4.69, 9.17) is 4.55 Å². The van der Waals surface area contributed by atoms with E-state index in [9.17, 15) is 34.8 Å². The Hall–Kier alpha value is -1.29. The second kappa shape index (κ2) is 4.37. The van der Waals surface area contributed by atoms with Gasteiger partial charge in [-0.05, 0) is 5.56 Å². The van der Waals surface area contributed by atoms with Crippen LogP contribution in [-0.4, -0.2) is 25.3 Å². The maximum absolute atomic E-state index is 12.8. The van der Waals surface area contributed by atoms with Crippen molar-refractivity contribution in [1.82, 2.24) is 0 Å². The van der Waals surface area contributed by atoms with Crippen LogP contribution in [-0.2, 0) is 14.9 Å². The highest BCUT2D eigenvalue weighted by Crippen LogP contribution is 2.55. The summed E-state index contributed by atoms with van der Waals surface area (Å²) in [5.41, 5.74) is -1.63. The topological polar surface area (TPSA) is 54.4 Å². The molecule has 1 aromatic carbocycles. The van der Waals surface area contributed by atoms with Crippen LogP contribution >= 0.6 is 0 Å². The molecule has 0 unspecified atom stereocenters. The Morgan fingerprint density at radius 3 is 1.47 bits per heavy atom. The predicted octanol–water partition coefficient (Wildman–Crippen LogP) is 2.89. The van der Waals surface area contributed by atoms with Gasteiger partial charge in [0.1, 0.15) is 0 Å². The molecule has 1 N–H and O–H groups in total. The molecule has 0 fully saturated rings. The molecule has 0 spiro atoms. The average Bonchev–Trinajstić information content (AvgIpc) is 2.12. The molecule has 0 aliphatic heterocycles. The highest BCUT2D eigenvalue weighted by Gasteiger charge is 2.79. The van der Waals surface area contributed by atoms with Crippen LogP contribution in [0.2, 0.25) is 0 Å². The molecular weight excluding hydrogens is 302 g/mol. The SMILES string of the molecule is O=S(=O)(O)C(c1ccccc1)(C(F)(F)F)C(F)(F)F. The normalized spacial score (nSPS) is 14.5. The Bertz CT molecular complexity index is 532. The van der Waals surface area contributed by atoms with Crippen LogP contribution < -0.4 is 0 Å². The Labute approximate surface area is 103 Å². The lowest BCUT2D eigenvalue weighted by atomic mass is 9.97. The van der Waals surface area contributed by atoms with E-state index >= 15 is 0 Å². The Kier molecular flexibility index (Phi) is 3.63. The summed E-state index contributed by atoms with van der Waals surface area (Å²) < 4.78 is 102. The number of hydrogen-bond acceptors (Lipinski definition) is 2. The van der Waals surface area contributed by atoms with Crippen molar-refractivity contribution >= 4 is 10.1 Å². The summed E-state index contributed by atoms with van der Waals surface area (Å²) in [5.74, 6) is 0. The Morgan fingerprint density at radius 1 is 0.842 bits per heavy atom. The minimum absolute atomic E-state index is 0.328. The summed E-state index contributed by atoms with van der Waals surface area (Å²) in [6.45, 7) is 0. The first-order chi connectivity index (χ1) is 8.36. The monoisotopic (exact) mass is 308 g/mol. The molecule has 10 heteroatoms. The lowest BCUT2D eigenvalue weighted by molar-refractivity contribution is -0.273. The predicted molar refractivity (Wildman–Crippen MR) is 51.8 cm³/mol. The second-order valence-corrected chi connectivity index (χ2v) is 5.08. The molecule has 0 aliphatic carbocycles. The molecule has 0 bridgehead atoms. The van der Waals surface area contributed by atoms with Crippen LogP contribution in [0.15, 0.2) is 30.3 Å². The maximum atomic E-state index is 12.8. The molecule has 0 atom stereocenters. The van der Waals surface area contributed by atoms with Crippen LogP contribution in [0.1, 0.15) is 5.56 Å². The fraction of sp³-hybridized carbons (Fsp3) is 0.333. The van der Waals surface area contributed by atoms with Gasteiger partial charge in [-0.2, -0.15) is 34.8 Å². The number of hydrogen-bond donors (Lipinski definition) is 1. The summed E-state index contributed by atoms with van der Waals surface area (Å²) in [5, 5.41) is 0. The van der Waals surface area contributed by atoms with Gasteiger partial charge in [-0.25, -0.2) is 0 Å². The van der Waals surface area contributed by atoms with E-state index in [1.165, 1.54) is 0 Å². The van der Waals surface area contributed by atoms with Gasteiger partial charge in [-0.3, -0.25) is 4.55 Å². The highest BCUT2D eigenvalue weighted by atomic mass is 32.2. The van der Waals surface area contributed by atoms with Gasteiger partial charge in [0.05, 0.1) is 0 Å². The Morgan fingerprint density at radius 2 is 1.21 bits per heavy atom. The minimum Gasteiger partial charge on any atom is -0.284 e. The van der Waals surface area contributed by atoms with Gasteiger partial charge in [0.25, 0.3) is 10.1 Å². The van der Waals surface area contributed by atoms with E-state index < -0.39 is 32.8 Å². The fourth-order valence-electron chi connectivity index (χ4n) is 1.60. The number of alkyl halides is 6. The third-order valence-electron chi connectivity index (χ3n) is 2.37. The third kappa shape index (κ3) is 2.29. The van der Waals surface area contributed by atoms with Crippen molar-refractivity contribution < 1.29 is 39.3 Å². The van der Waals surface area contributed by atoms with Crippen LogP contribution in [0.4, 0.5) is 26.3 Å². The van der Waals surface area contributed by atoms with Gasteiger partial charge >= 0.3 is 17.1 Å². The lowest BCUT2D eigenvalue weighted by Gasteiger charge is -2.34. The van der Waals surface area contributed by atoms with Crippen LogP contribution in [0.25, 0.3) is 0 Å². The van der Waals surface area contributed by atoms with E-state index in [1.807, 2.05) is 0 Å². The van der Waals surface area contributed by atoms with E-state index in [0.29, 0.717) is 12.1 Å². The van der Waals surface area contributed by atoms with Gasteiger partial charge in [0.15, 0.2) is 0 Å². The molecule has 0 aliphatic rings. The van der Waals surface area contributed by atoms with Crippen LogP contribution in [0.3, 0.4) is 0 Å². The van der Waals surface area contributed by atoms with E-state index in [-0.39, 0.29) is 0 Å². The zero-order valence-corrected chi connectivity index (χ0v) is 9.64. The highest BCUT2D eigenvalue weighted by molar-refractivity contribution is 7.87. The molecule has 0 heterocycles. The van der Waals surface area contributed by atoms with E-state index in [2.05, 4.69) is 0 Å². The molecule has 0 saturated carbocycles. The van der Waals surface area contributed by atoms with E-state index in [0.717, 1.165) is 18.2 Å². The lowest BCUT2D eigenvalue weighted by Crippen LogP contribution is -2.59. The van der Waals surface area contributed by atoms with Crippen molar-refractivity contribution in [2.24, 2.45) is 0 Å². The van der Waals surface area contributed by atoms with Gasteiger partial charge in [0, 0.05) is 0 Å². The quantitative estimate of drug-likeness (QED) is 0.675. The summed E-state index contributed by atoms with van der Waals surface area (Å²) in [4.78, 5) is 0. The molecule has 0 aromatic heterocycles. The standard InChI is InChI=1S/C9H6F6O3S/c10-8(11,12)7(9(13,14)15,19(16,17)18)6-4-2-1-3-5-6/h1-5H,(H,16,17,18). The fourth-order valence-corrected chi connectivity index (χ4v) is 2.62. The zero-order valence-electron chi connectivity index (χ0n) is 8.83. The maximum Gasteiger partial charge on any atom is 0.423 e. The van der Waals surface area contributed by atoms with Crippen molar-refractivity contribution in [1.29, 1.82) is 0 Å². The second-order valence-electron chi connectivity index (χ2n) is 3.52. The molecule has 1 rings (SSSR count). The summed E-state index contributed by atoms with van der Waals surface area (Å²) in [7, 11) is -6.54. The van der Waals surface area contributed by atoms with Crippen LogP contribution in [0.5, 0.6) is 0 Å². The first-order valence-electron chi connectivity index (χ1n) is 4.51. The molecule has 3 nitrogen and oxygen atoms in total. The van der Waals surface area contributed by atoms with Crippen molar-refractivity contribution in [3.8, 4) is 0 Å². The number of halogens is 6. The Balaban J connectivity index is 3.87. The van der Waals surface area contributed by atoms with Gasteiger partial charge < -0.3 is 0 Å². The molecule has 108 valence electrons. The van der Waals surface area contributed by atoms with Gasteiger partial charge in [-0.15, -0.1) is 0 Å². The van der Waals surface area contributed by atoms with Gasteiger partial charge in [-0.1, -0.05) is 30.3 Å². The van der Waals surface area contributed by atoms with Crippen molar-refractivity contribution in [2.45, 2.75) is 17.1 Å². The number of benzene rings is 1. The largest absolute Gasteiger partial charge is 0.423 e. The summed E-state index contributed by atoms with van der Waals surface area (Å²) in [6, 6.07) is 3.36. The smallest absolute Gasteiger partial charge is 0.284 e. The van der Waals surface area contributed by atoms with Crippen LogP contribution in [0, 0.1) is 0 Å². The molecule has 0 saturated heterocycles. The molecule has 1 aromatic rings. The first kappa shape index (κ1) is 15.8.